The first kappa shape index (κ1) is 20.4. The summed E-state index contributed by atoms with van der Waals surface area (Å²) in [4.78, 5) is 17.0. The number of hydrogen-bond acceptors (Lipinski definition) is 4. The number of amides is 1. The number of carbonyl (C=O) groups is 1. The number of aromatic nitrogens is 2. The highest BCUT2D eigenvalue weighted by Gasteiger charge is 2.17. The predicted octanol–water partition coefficient (Wildman–Crippen LogP) is 3.22. The van der Waals surface area contributed by atoms with Crippen LogP contribution in [-0.4, -0.2) is 59.9 Å². The zero-order chi connectivity index (χ0) is 20.9. The van der Waals surface area contributed by atoms with Gasteiger partial charge >= 0.3 is 0 Å². The van der Waals surface area contributed by atoms with Crippen LogP contribution >= 0.6 is 11.6 Å². The highest BCUT2D eigenvalue weighted by molar-refractivity contribution is 6.30. The van der Waals surface area contributed by atoms with Gasteiger partial charge in [-0.05, 0) is 48.5 Å². The Kier molecular flexibility index (Phi) is 6.30. The molecule has 1 amide bonds. The maximum absolute atomic E-state index is 13.1. The first-order chi connectivity index (χ1) is 14.6. The topological polar surface area (TPSA) is 53.4 Å². The second-order valence-corrected chi connectivity index (χ2v) is 7.65. The van der Waals surface area contributed by atoms with E-state index >= 15 is 0 Å². The summed E-state index contributed by atoms with van der Waals surface area (Å²) in [6, 6.07) is 13.9. The lowest BCUT2D eigenvalue weighted by atomic mass is 10.2. The summed E-state index contributed by atoms with van der Waals surface area (Å²) < 4.78 is 14.7. The van der Waals surface area contributed by atoms with Gasteiger partial charge in [0.25, 0.3) is 5.91 Å². The zero-order valence-corrected chi connectivity index (χ0v) is 17.2. The summed E-state index contributed by atoms with van der Waals surface area (Å²) >= 11 is 5.91. The molecule has 0 aliphatic carbocycles. The van der Waals surface area contributed by atoms with Gasteiger partial charge < -0.3 is 10.2 Å². The monoisotopic (exact) mass is 427 g/mol. The fraction of sp³-hybridized carbons (Fsp3) is 0.273. The Balaban J connectivity index is 1.22. The summed E-state index contributed by atoms with van der Waals surface area (Å²) in [7, 11) is 0. The maximum Gasteiger partial charge on any atom is 0.254 e. The van der Waals surface area contributed by atoms with Crippen molar-refractivity contribution in [2.24, 2.45) is 0 Å². The summed E-state index contributed by atoms with van der Waals surface area (Å²) in [6.45, 7) is 4.93. The van der Waals surface area contributed by atoms with Gasteiger partial charge in [0.15, 0.2) is 0 Å². The van der Waals surface area contributed by atoms with E-state index < -0.39 is 0 Å². The van der Waals surface area contributed by atoms with Crippen molar-refractivity contribution >= 4 is 23.2 Å². The third kappa shape index (κ3) is 4.98. The Morgan fingerprint density at radius 1 is 1.00 bits per heavy atom. The van der Waals surface area contributed by atoms with Crippen LogP contribution in [0.1, 0.15) is 10.4 Å². The minimum absolute atomic E-state index is 0.139. The molecule has 1 saturated heterocycles. The minimum atomic E-state index is -0.216. The number of piperazine rings is 1. The van der Waals surface area contributed by atoms with Gasteiger partial charge in [-0.15, -0.1) is 0 Å². The summed E-state index contributed by atoms with van der Waals surface area (Å²) in [5.74, 6) is -0.355. The fourth-order valence-corrected chi connectivity index (χ4v) is 3.61. The lowest BCUT2D eigenvalue weighted by Gasteiger charge is -2.36. The van der Waals surface area contributed by atoms with Gasteiger partial charge in [0.1, 0.15) is 5.82 Å². The molecule has 2 aromatic carbocycles. The molecule has 1 aliphatic heterocycles. The predicted molar refractivity (Wildman–Crippen MR) is 116 cm³/mol. The van der Waals surface area contributed by atoms with Crippen LogP contribution in [0.3, 0.4) is 0 Å². The Morgan fingerprint density at radius 2 is 1.67 bits per heavy atom. The maximum atomic E-state index is 13.1. The molecule has 8 heteroatoms. The van der Waals surface area contributed by atoms with Crippen molar-refractivity contribution in [2.75, 3.05) is 44.2 Å². The van der Waals surface area contributed by atoms with Crippen LogP contribution in [0.15, 0.2) is 60.9 Å². The molecule has 0 bridgehead atoms. The number of anilines is 1. The highest BCUT2D eigenvalue weighted by atomic mass is 35.5. The van der Waals surface area contributed by atoms with E-state index in [0.717, 1.165) is 44.1 Å². The molecule has 30 heavy (non-hydrogen) atoms. The minimum Gasteiger partial charge on any atom is -0.369 e. The molecule has 2 heterocycles. The molecule has 3 aromatic rings. The standard InChI is InChI=1S/C22H23ClFN5O/c23-18-1-5-21(6-2-18)29-16-17(15-26-29)22(30)25-9-10-27-11-13-28(14-12-27)20-7-3-19(24)4-8-20/h1-8,15-16H,9-14H2,(H,25,30). The van der Waals surface area contributed by atoms with E-state index in [1.807, 2.05) is 24.3 Å². The van der Waals surface area contributed by atoms with Crippen molar-refractivity contribution < 1.29 is 9.18 Å². The average molecular weight is 428 g/mol. The highest BCUT2D eigenvalue weighted by Crippen LogP contribution is 2.17. The van der Waals surface area contributed by atoms with E-state index in [4.69, 9.17) is 11.6 Å². The molecule has 1 aromatic heterocycles. The molecule has 6 nitrogen and oxygen atoms in total. The van der Waals surface area contributed by atoms with Gasteiger partial charge in [0, 0.05) is 56.2 Å². The SMILES string of the molecule is O=C(NCCN1CCN(c2ccc(F)cc2)CC1)c1cnn(-c2ccc(Cl)cc2)c1. The number of nitrogens with zero attached hydrogens (tertiary/aromatic N) is 4. The van der Waals surface area contributed by atoms with Gasteiger partial charge in [-0.1, -0.05) is 11.6 Å². The molecule has 156 valence electrons. The Morgan fingerprint density at radius 3 is 2.37 bits per heavy atom. The number of rotatable bonds is 6. The number of halogens is 2. The molecule has 4 rings (SSSR count). The van der Waals surface area contributed by atoms with Gasteiger partial charge in [-0.3, -0.25) is 9.69 Å². The molecule has 1 aliphatic rings. The zero-order valence-electron chi connectivity index (χ0n) is 16.5. The summed E-state index contributed by atoms with van der Waals surface area (Å²) in [5.41, 5.74) is 2.41. The molecule has 1 N–H and O–H groups in total. The summed E-state index contributed by atoms with van der Waals surface area (Å²) in [5, 5.41) is 7.86. The van der Waals surface area contributed by atoms with Crippen LogP contribution < -0.4 is 10.2 Å². The van der Waals surface area contributed by atoms with Crippen LogP contribution in [0, 0.1) is 5.82 Å². The summed E-state index contributed by atoms with van der Waals surface area (Å²) in [6.07, 6.45) is 3.27. The van der Waals surface area contributed by atoms with Crippen LogP contribution in [0.5, 0.6) is 0 Å². The van der Waals surface area contributed by atoms with Crippen molar-refractivity contribution in [2.45, 2.75) is 0 Å². The smallest absolute Gasteiger partial charge is 0.254 e. The third-order valence-corrected chi connectivity index (χ3v) is 5.47. The number of benzene rings is 2. The normalized spacial score (nSPS) is 14.7. The molecule has 1 fully saturated rings. The van der Waals surface area contributed by atoms with Crippen molar-refractivity contribution in [1.29, 1.82) is 0 Å². The van der Waals surface area contributed by atoms with Crippen LogP contribution in [0.2, 0.25) is 5.02 Å². The van der Waals surface area contributed by atoms with Gasteiger partial charge in [-0.2, -0.15) is 5.10 Å². The lowest BCUT2D eigenvalue weighted by Crippen LogP contribution is -2.48. The molecule has 0 spiro atoms. The lowest BCUT2D eigenvalue weighted by molar-refractivity contribution is 0.0948. The molecule has 0 radical (unpaired) electrons. The van der Waals surface area contributed by atoms with Crippen molar-refractivity contribution in [3.8, 4) is 5.69 Å². The van der Waals surface area contributed by atoms with Crippen LogP contribution in [0.4, 0.5) is 10.1 Å². The van der Waals surface area contributed by atoms with Crippen molar-refractivity contribution in [3.05, 3.63) is 77.3 Å². The third-order valence-electron chi connectivity index (χ3n) is 5.21. The van der Waals surface area contributed by atoms with E-state index in [-0.39, 0.29) is 11.7 Å². The Hall–Kier alpha value is -2.90. The van der Waals surface area contributed by atoms with E-state index in [0.29, 0.717) is 17.1 Å². The first-order valence-corrected chi connectivity index (χ1v) is 10.3. The molecular weight excluding hydrogens is 405 g/mol. The van der Waals surface area contributed by atoms with E-state index in [2.05, 4.69) is 20.2 Å². The number of hydrogen-bond donors (Lipinski definition) is 1. The molecule has 0 unspecified atom stereocenters. The van der Waals surface area contributed by atoms with Crippen LogP contribution in [-0.2, 0) is 0 Å². The first-order valence-electron chi connectivity index (χ1n) is 9.90. The second-order valence-electron chi connectivity index (χ2n) is 7.21. The second kappa shape index (κ2) is 9.28. The fourth-order valence-electron chi connectivity index (χ4n) is 3.49. The molecule has 0 saturated carbocycles. The van der Waals surface area contributed by atoms with E-state index in [1.165, 1.54) is 12.1 Å². The van der Waals surface area contributed by atoms with Gasteiger partial charge in [-0.25, -0.2) is 9.07 Å². The number of nitrogens with one attached hydrogen (secondary N) is 1. The van der Waals surface area contributed by atoms with E-state index in [1.54, 1.807) is 29.2 Å². The molecule has 0 atom stereocenters. The van der Waals surface area contributed by atoms with Gasteiger partial charge in [0.05, 0.1) is 17.4 Å². The van der Waals surface area contributed by atoms with Crippen molar-refractivity contribution in [3.63, 3.8) is 0 Å². The largest absolute Gasteiger partial charge is 0.369 e. The van der Waals surface area contributed by atoms with Gasteiger partial charge in [0.2, 0.25) is 0 Å². The van der Waals surface area contributed by atoms with Crippen LogP contribution in [0.25, 0.3) is 5.69 Å². The Labute approximate surface area is 179 Å². The number of carbonyl (C=O) groups excluding carboxylic acids is 1. The Bertz CT molecular complexity index is 982. The van der Waals surface area contributed by atoms with Crippen molar-refractivity contribution in [1.82, 2.24) is 20.0 Å². The quantitative estimate of drug-likeness (QED) is 0.656. The average Bonchev–Trinajstić information content (AvgIpc) is 3.26. The van der Waals surface area contributed by atoms with E-state index in [9.17, 15) is 9.18 Å². The molecular formula is C22H23ClFN5O.